The summed E-state index contributed by atoms with van der Waals surface area (Å²) in [6.45, 7) is 8.74. The first-order valence-electron chi connectivity index (χ1n) is 12.2. The van der Waals surface area contributed by atoms with Crippen LogP contribution < -0.4 is 19.1 Å². The van der Waals surface area contributed by atoms with Gasteiger partial charge in [0.1, 0.15) is 5.82 Å². The molecule has 2 aromatic heterocycles. The Labute approximate surface area is 217 Å². The first-order chi connectivity index (χ1) is 18.2. The molecule has 3 aromatic rings. The zero-order valence-corrected chi connectivity index (χ0v) is 21.2. The predicted molar refractivity (Wildman–Crippen MR) is 131 cm³/mol. The molecule has 1 amide bonds. The smallest absolute Gasteiger partial charge is 0.471 e. The fourth-order valence-electron chi connectivity index (χ4n) is 3.99. The molecule has 1 aromatic carbocycles. The van der Waals surface area contributed by atoms with Crippen LogP contribution >= 0.6 is 0 Å². The predicted octanol–water partition coefficient (Wildman–Crippen LogP) is 4.31. The summed E-state index contributed by atoms with van der Waals surface area (Å²) in [5, 5.41) is 3.37. The molecule has 0 N–H and O–H groups in total. The van der Waals surface area contributed by atoms with Crippen LogP contribution in [0.15, 0.2) is 35.0 Å². The maximum absolute atomic E-state index is 13.3. The van der Waals surface area contributed by atoms with Crippen molar-refractivity contribution in [3.63, 3.8) is 0 Å². The van der Waals surface area contributed by atoms with Crippen LogP contribution in [-0.4, -0.2) is 71.9 Å². The summed E-state index contributed by atoms with van der Waals surface area (Å²) in [5.41, 5.74) is 0.738. The third kappa shape index (κ3) is 5.92. The number of amides is 1. The number of alkyl halides is 3. The normalized spacial score (nSPS) is 13.9. The van der Waals surface area contributed by atoms with Gasteiger partial charge in [-0.15, -0.1) is 0 Å². The van der Waals surface area contributed by atoms with Crippen molar-refractivity contribution in [1.29, 1.82) is 0 Å². The van der Waals surface area contributed by atoms with Crippen LogP contribution in [0.3, 0.4) is 0 Å². The Hall–Kier alpha value is -4.03. The van der Waals surface area contributed by atoms with Crippen molar-refractivity contribution in [3.05, 3.63) is 41.9 Å². The van der Waals surface area contributed by atoms with Crippen molar-refractivity contribution in [2.75, 3.05) is 50.9 Å². The van der Waals surface area contributed by atoms with Gasteiger partial charge in [-0.25, -0.2) is 4.98 Å². The molecule has 0 aliphatic carbocycles. The zero-order chi connectivity index (χ0) is 27.3. The molecule has 0 radical (unpaired) electrons. The first kappa shape index (κ1) is 27.0. The summed E-state index contributed by atoms with van der Waals surface area (Å²) in [6, 6.07) is 6.60. The number of ether oxygens (including phenoxy) is 3. The van der Waals surface area contributed by atoms with Crippen molar-refractivity contribution in [3.8, 4) is 28.6 Å². The third-order valence-electron chi connectivity index (χ3n) is 5.72. The molecule has 204 valence electrons. The molecule has 3 heterocycles. The SMILES string of the molecule is CCOc1cc(C(=O)N2CCN(c3ccc(-c4noc(C(F)(F)F)n4)cn3)CC2)cc(OCC)c1OCC. The van der Waals surface area contributed by atoms with Gasteiger partial charge >= 0.3 is 12.1 Å². The quantitative estimate of drug-likeness (QED) is 0.397. The highest BCUT2D eigenvalue weighted by molar-refractivity contribution is 5.95. The van der Waals surface area contributed by atoms with E-state index in [2.05, 4.69) is 19.6 Å². The Morgan fingerprint density at radius 2 is 1.61 bits per heavy atom. The van der Waals surface area contributed by atoms with Crippen LogP contribution in [0.25, 0.3) is 11.4 Å². The molecule has 1 saturated heterocycles. The number of rotatable bonds is 9. The third-order valence-corrected chi connectivity index (χ3v) is 5.72. The number of pyridine rings is 1. The van der Waals surface area contributed by atoms with Crippen LogP contribution in [-0.2, 0) is 6.18 Å². The summed E-state index contributed by atoms with van der Waals surface area (Å²) in [7, 11) is 0. The second-order valence-corrected chi connectivity index (χ2v) is 8.21. The van der Waals surface area contributed by atoms with Gasteiger partial charge < -0.3 is 28.5 Å². The molecule has 10 nitrogen and oxygen atoms in total. The van der Waals surface area contributed by atoms with E-state index < -0.39 is 12.1 Å². The Morgan fingerprint density at radius 1 is 0.974 bits per heavy atom. The molecule has 0 bridgehead atoms. The van der Waals surface area contributed by atoms with E-state index in [4.69, 9.17) is 14.2 Å². The lowest BCUT2D eigenvalue weighted by molar-refractivity contribution is -0.159. The maximum atomic E-state index is 13.3. The second-order valence-electron chi connectivity index (χ2n) is 8.21. The number of aromatic nitrogens is 3. The molecule has 0 saturated carbocycles. The summed E-state index contributed by atoms with van der Waals surface area (Å²) in [6.07, 6.45) is -3.32. The second kappa shape index (κ2) is 11.6. The number of nitrogens with zero attached hydrogens (tertiary/aromatic N) is 5. The van der Waals surface area contributed by atoms with Crippen LogP contribution in [0.5, 0.6) is 17.2 Å². The van der Waals surface area contributed by atoms with Gasteiger partial charge in [-0.05, 0) is 45.0 Å². The molecule has 0 atom stereocenters. The lowest BCUT2D eigenvalue weighted by Gasteiger charge is -2.35. The highest BCUT2D eigenvalue weighted by Gasteiger charge is 2.38. The Balaban J connectivity index is 1.43. The molecule has 0 spiro atoms. The standard InChI is InChI=1S/C25H28F3N5O5/c1-4-35-18-13-17(14-19(36-5-2)21(18)37-6-3)23(34)33-11-9-32(10-12-33)20-8-7-16(15-29-20)22-30-24(38-31-22)25(26,27)28/h7-8,13-15H,4-6,9-12H2,1-3H3. The number of anilines is 1. The van der Waals surface area contributed by atoms with Crippen LogP contribution in [0, 0.1) is 0 Å². The van der Waals surface area contributed by atoms with Crippen LogP contribution in [0.1, 0.15) is 37.0 Å². The van der Waals surface area contributed by atoms with Crippen molar-refractivity contribution < 1.29 is 36.7 Å². The largest absolute Gasteiger partial charge is 0.490 e. The summed E-state index contributed by atoms with van der Waals surface area (Å²) in [5.74, 6) is 0.245. The molecule has 0 unspecified atom stereocenters. The van der Waals surface area contributed by atoms with Gasteiger partial charge in [-0.3, -0.25) is 4.79 Å². The average Bonchev–Trinajstić information content (AvgIpc) is 3.42. The van der Waals surface area contributed by atoms with Gasteiger partial charge in [0.25, 0.3) is 5.91 Å². The van der Waals surface area contributed by atoms with E-state index in [1.165, 1.54) is 6.20 Å². The monoisotopic (exact) mass is 535 g/mol. The fraction of sp³-hybridized carbons (Fsp3) is 0.440. The maximum Gasteiger partial charge on any atom is 0.471 e. The number of benzene rings is 1. The number of carbonyl (C=O) groups excluding carboxylic acids is 1. The van der Waals surface area contributed by atoms with E-state index >= 15 is 0 Å². The number of carbonyl (C=O) groups is 1. The Kier molecular flexibility index (Phi) is 8.23. The molecule has 38 heavy (non-hydrogen) atoms. The lowest BCUT2D eigenvalue weighted by Crippen LogP contribution is -2.49. The highest BCUT2D eigenvalue weighted by Crippen LogP contribution is 2.39. The Bertz CT molecular complexity index is 1210. The van der Waals surface area contributed by atoms with Crippen molar-refractivity contribution >= 4 is 11.7 Å². The van der Waals surface area contributed by atoms with Gasteiger partial charge in [0, 0.05) is 43.5 Å². The number of piperazine rings is 1. The van der Waals surface area contributed by atoms with E-state index in [-0.39, 0.29) is 11.7 Å². The van der Waals surface area contributed by atoms with Crippen LogP contribution in [0.4, 0.5) is 19.0 Å². The number of hydrogen-bond donors (Lipinski definition) is 0. The van der Waals surface area contributed by atoms with E-state index in [9.17, 15) is 18.0 Å². The number of halogens is 3. The topological polar surface area (TPSA) is 103 Å². The minimum atomic E-state index is -4.71. The van der Waals surface area contributed by atoms with Crippen molar-refractivity contribution in [2.24, 2.45) is 0 Å². The average molecular weight is 536 g/mol. The van der Waals surface area contributed by atoms with Gasteiger partial charge in [0.15, 0.2) is 11.5 Å². The summed E-state index contributed by atoms with van der Waals surface area (Å²) in [4.78, 5) is 24.8. The molecule has 1 aliphatic heterocycles. The van der Waals surface area contributed by atoms with Gasteiger partial charge in [0.05, 0.1) is 19.8 Å². The lowest BCUT2D eigenvalue weighted by atomic mass is 10.1. The Morgan fingerprint density at radius 3 is 2.11 bits per heavy atom. The number of hydrogen-bond acceptors (Lipinski definition) is 9. The molecule has 1 fully saturated rings. The molecular formula is C25H28F3N5O5. The zero-order valence-electron chi connectivity index (χ0n) is 21.2. The molecule has 13 heteroatoms. The van der Waals surface area contributed by atoms with E-state index in [1.54, 1.807) is 29.2 Å². The first-order valence-corrected chi connectivity index (χ1v) is 12.2. The van der Waals surface area contributed by atoms with E-state index in [0.717, 1.165) is 0 Å². The van der Waals surface area contributed by atoms with Gasteiger partial charge in [-0.1, -0.05) is 5.16 Å². The highest BCUT2D eigenvalue weighted by atomic mass is 19.4. The van der Waals surface area contributed by atoms with E-state index in [0.29, 0.717) is 80.2 Å². The van der Waals surface area contributed by atoms with Crippen molar-refractivity contribution in [1.82, 2.24) is 20.0 Å². The molecule has 4 rings (SSSR count). The van der Waals surface area contributed by atoms with Gasteiger partial charge in [-0.2, -0.15) is 18.2 Å². The minimum Gasteiger partial charge on any atom is -0.490 e. The fourth-order valence-corrected chi connectivity index (χ4v) is 3.99. The van der Waals surface area contributed by atoms with Crippen LogP contribution in [0.2, 0.25) is 0 Å². The minimum absolute atomic E-state index is 0.157. The summed E-state index contributed by atoms with van der Waals surface area (Å²) < 4.78 is 59.6. The summed E-state index contributed by atoms with van der Waals surface area (Å²) >= 11 is 0. The molecule has 1 aliphatic rings. The van der Waals surface area contributed by atoms with Gasteiger partial charge in [0.2, 0.25) is 11.6 Å². The van der Waals surface area contributed by atoms with E-state index in [1.807, 2.05) is 25.7 Å². The molecular weight excluding hydrogens is 507 g/mol. The van der Waals surface area contributed by atoms with Crippen molar-refractivity contribution in [2.45, 2.75) is 26.9 Å².